The van der Waals surface area contributed by atoms with Gasteiger partial charge in [0.2, 0.25) is 17.7 Å². The van der Waals surface area contributed by atoms with Gasteiger partial charge in [-0.25, -0.2) is 9.59 Å². The van der Waals surface area contributed by atoms with E-state index in [-0.39, 0.29) is 38.4 Å². The highest BCUT2D eigenvalue weighted by molar-refractivity contribution is 5.92. The van der Waals surface area contributed by atoms with Crippen molar-refractivity contribution < 1.29 is 33.4 Å². The standard InChI is InChI=1S/C32H40N4O7/c1-21(2)17-26(36-32(41)43-20-23-11-7-4-8-12-23)30(39)35-27(18-22-9-5-3-6-10-22)29(38)34-25(13-14-28(33)37)19-24-15-16-42-31(24)40/h3-12,19,21,25-27H,13-18,20H2,1-2H3,(H2,33,37)(H,34,38)(H,35,39)(H,36,41)/b24-19+/t25-,26-,27-/m0/s1. The van der Waals surface area contributed by atoms with Gasteiger partial charge in [0.25, 0.3) is 0 Å². The first-order chi connectivity index (χ1) is 20.6. The van der Waals surface area contributed by atoms with Gasteiger partial charge in [-0.2, -0.15) is 0 Å². The number of carbonyl (C=O) groups excluding carboxylic acids is 5. The average Bonchev–Trinajstić information content (AvgIpc) is 3.38. The topological polar surface area (TPSA) is 166 Å². The van der Waals surface area contributed by atoms with Crippen LogP contribution in [0.2, 0.25) is 0 Å². The van der Waals surface area contributed by atoms with Crippen molar-refractivity contribution in [2.24, 2.45) is 11.7 Å². The second-order valence-electron chi connectivity index (χ2n) is 10.8. The van der Waals surface area contributed by atoms with Crippen LogP contribution in [0, 0.1) is 5.92 Å². The molecule has 11 heteroatoms. The van der Waals surface area contributed by atoms with Crippen molar-refractivity contribution >= 4 is 29.8 Å². The molecule has 3 atom stereocenters. The van der Waals surface area contributed by atoms with Gasteiger partial charge in [0.05, 0.1) is 6.61 Å². The largest absolute Gasteiger partial charge is 0.462 e. The Bertz CT molecular complexity index is 1280. The molecule has 3 rings (SSSR count). The number of nitrogens with two attached hydrogens (primary N) is 1. The highest BCUT2D eigenvalue weighted by atomic mass is 16.5. The highest BCUT2D eigenvalue weighted by Gasteiger charge is 2.29. The molecule has 2 aromatic carbocycles. The molecule has 0 unspecified atom stereocenters. The number of carbonyl (C=O) groups is 5. The van der Waals surface area contributed by atoms with E-state index in [1.807, 2.05) is 74.5 Å². The molecule has 0 aromatic heterocycles. The van der Waals surface area contributed by atoms with E-state index in [2.05, 4.69) is 16.0 Å². The fourth-order valence-electron chi connectivity index (χ4n) is 4.56. The van der Waals surface area contributed by atoms with E-state index in [9.17, 15) is 24.0 Å². The van der Waals surface area contributed by atoms with E-state index in [1.165, 1.54) is 0 Å². The lowest BCUT2D eigenvalue weighted by Crippen LogP contribution is -2.55. The van der Waals surface area contributed by atoms with Crippen molar-refractivity contribution in [1.82, 2.24) is 16.0 Å². The predicted octanol–water partition coefficient (Wildman–Crippen LogP) is 2.68. The molecule has 0 spiro atoms. The lowest BCUT2D eigenvalue weighted by Gasteiger charge is -2.25. The molecule has 11 nitrogen and oxygen atoms in total. The normalized spacial score (nSPS) is 15.7. The molecule has 4 amide bonds. The zero-order chi connectivity index (χ0) is 31.2. The molecule has 1 aliphatic rings. The van der Waals surface area contributed by atoms with E-state index in [0.29, 0.717) is 18.4 Å². The average molecular weight is 593 g/mol. The van der Waals surface area contributed by atoms with Gasteiger partial charge in [0, 0.05) is 30.9 Å². The predicted molar refractivity (Wildman–Crippen MR) is 159 cm³/mol. The maximum Gasteiger partial charge on any atom is 0.408 e. The number of hydrogen-bond donors (Lipinski definition) is 4. The Morgan fingerprint density at radius 2 is 1.53 bits per heavy atom. The number of ether oxygens (including phenoxy) is 2. The van der Waals surface area contributed by atoms with Crippen LogP contribution < -0.4 is 21.7 Å². The van der Waals surface area contributed by atoms with Gasteiger partial charge < -0.3 is 31.2 Å². The molecular weight excluding hydrogens is 552 g/mol. The number of hydrogen-bond acceptors (Lipinski definition) is 7. The Morgan fingerprint density at radius 3 is 2.12 bits per heavy atom. The van der Waals surface area contributed by atoms with Crippen LogP contribution in [0.3, 0.4) is 0 Å². The molecule has 0 saturated carbocycles. The zero-order valence-corrected chi connectivity index (χ0v) is 24.5. The van der Waals surface area contributed by atoms with Crippen molar-refractivity contribution in [3.8, 4) is 0 Å². The van der Waals surface area contributed by atoms with Crippen molar-refractivity contribution in [3.05, 3.63) is 83.4 Å². The van der Waals surface area contributed by atoms with Crippen molar-refractivity contribution in [1.29, 1.82) is 0 Å². The van der Waals surface area contributed by atoms with Crippen molar-refractivity contribution in [3.63, 3.8) is 0 Å². The molecule has 0 aliphatic carbocycles. The smallest absolute Gasteiger partial charge is 0.408 e. The molecule has 0 bridgehead atoms. The van der Waals surface area contributed by atoms with Crippen LogP contribution in [0.25, 0.3) is 0 Å². The minimum absolute atomic E-state index is 0.0229. The summed E-state index contributed by atoms with van der Waals surface area (Å²) in [5, 5.41) is 8.28. The van der Waals surface area contributed by atoms with Crippen LogP contribution in [-0.2, 0) is 41.7 Å². The first kappa shape index (κ1) is 32.8. The molecule has 1 aliphatic heterocycles. The van der Waals surface area contributed by atoms with Gasteiger partial charge in [-0.3, -0.25) is 14.4 Å². The third-order valence-corrected chi connectivity index (χ3v) is 6.74. The number of nitrogens with one attached hydrogen (secondary N) is 3. The third-order valence-electron chi connectivity index (χ3n) is 6.74. The molecule has 230 valence electrons. The van der Waals surface area contributed by atoms with Crippen molar-refractivity contribution in [2.75, 3.05) is 6.61 Å². The summed E-state index contributed by atoms with van der Waals surface area (Å²) >= 11 is 0. The molecule has 1 heterocycles. The summed E-state index contributed by atoms with van der Waals surface area (Å²) in [7, 11) is 0. The molecule has 1 fully saturated rings. The summed E-state index contributed by atoms with van der Waals surface area (Å²) in [6.45, 7) is 4.11. The Balaban J connectivity index is 1.76. The number of rotatable bonds is 15. The molecule has 1 saturated heterocycles. The summed E-state index contributed by atoms with van der Waals surface area (Å²) in [4.78, 5) is 63.3. The second kappa shape index (κ2) is 16.7. The van der Waals surface area contributed by atoms with E-state index in [0.717, 1.165) is 11.1 Å². The summed E-state index contributed by atoms with van der Waals surface area (Å²) in [6.07, 6.45) is 1.81. The van der Waals surface area contributed by atoms with E-state index in [1.54, 1.807) is 6.08 Å². The number of primary amides is 1. The van der Waals surface area contributed by atoms with Crippen molar-refractivity contribution in [2.45, 2.75) is 70.7 Å². The SMILES string of the molecule is CC(C)C[C@H](NC(=O)OCc1ccccc1)C(=O)N[C@@H](Cc1ccccc1)C(=O)N[C@H](/C=C1\CCOC1=O)CCC(N)=O. The van der Waals surface area contributed by atoms with Crippen LogP contribution in [-0.4, -0.2) is 54.5 Å². The highest BCUT2D eigenvalue weighted by Crippen LogP contribution is 2.16. The summed E-state index contributed by atoms with van der Waals surface area (Å²) in [6, 6.07) is 15.6. The second-order valence-corrected chi connectivity index (χ2v) is 10.8. The molecular formula is C32H40N4O7. The Morgan fingerprint density at radius 1 is 0.907 bits per heavy atom. The van der Waals surface area contributed by atoms with Gasteiger partial charge in [0.15, 0.2) is 0 Å². The minimum atomic E-state index is -1.03. The minimum Gasteiger partial charge on any atom is -0.462 e. The fraction of sp³-hybridized carbons (Fsp3) is 0.406. The van der Waals surface area contributed by atoms with Gasteiger partial charge in [0.1, 0.15) is 18.7 Å². The maximum atomic E-state index is 13.6. The van der Waals surface area contributed by atoms with Crippen LogP contribution in [0.15, 0.2) is 72.3 Å². The van der Waals surface area contributed by atoms with E-state index < -0.39 is 47.9 Å². The fourth-order valence-corrected chi connectivity index (χ4v) is 4.56. The lowest BCUT2D eigenvalue weighted by atomic mass is 10.0. The molecule has 2 aromatic rings. The first-order valence-corrected chi connectivity index (χ1v) is 14.4. The Kier molecular flexibility index (Phi) is 12.7. The quantitative estimate of drug-likeness (QED) is 0.182. The lowest BCUT2D eigenvalue weighted by molar-refractivity contribution is -0.135. The zero-order valence-electron chi connectivity index (χ0n) is 24.5. The monoisotopic (exact) mass is 592 g/mol. The summed E-state index contributed by atoms with van der Waals surface area (Å²) in [5.74, 6) is -2.06. The molecule has 0 radical (unpaired) electrons. The first-order valence-electron chi connectivity index (χ1n) is 14.4. The Labute approximate surface area is 251 Å². The van der Waals surface area contributed by atoms with Gasteiger partial charge in [-0.1, -0.05) is 80.6 Å². The van der Waals surface area contributed by atoms with Gasteiger partial charge >= 0.3 is 12.1 Å². The Hall–Kier alpha value is -4.67. The van der Waals surface area contributed by atoms with Crippen LogP contribution in [0.5, 0.6) is 0 Å². The number of amides is 4. The van der Waals surface area contributed by atoms with E-state index in [4.69, 9.17) is 15.2 Å². The molecule has 43 heavy (non-hydrogen) atoms. The third kappa shape index (κ3) is 11.6. The van der Waals surface area contributed by atoms with E-state index >= 15 is 0 Å². The summed E-state index contributed by atoms with van der Waals surface area (Å²) in [5.41, 5.74) is 7.33. The van der Waals surface area contributed by atoms with Gasteiger partial charge in [-0.05, 0) is 29.9 Å². The van der Waals surface area contributed by atoms with Crippen LogP contribution in [0.4, 0.5) is 4.79 Å². The van der Waals surface area contributed by atoms with Crippen LogP contribution in [0.1, 0.15) is 50.7 Å². The number of cyclic esters (lactones) is 1. The summed E-state index contributed by atoms with van der Waals surface area (Å²) < 4.78 is 10.3. The molecule has 5 N–H and O–H groups in total. The number of esters is 1. The maximum absolute atomic E-state index is 13.6. The van der Waals surface area contributed by atoms with Gasteiger partial charge in [-0.15, -0.1) is 0 Å². The number of benzene rings is 2. The number of alkyl carbamates (subject to hydrolysis) is 1. The van der Waals surface area contributed by atoms with Crippen LogP contribution >= 0.6 is 0 Å².